The lowest BCUT2D eigenvalue weighted by Gasteiger charge is -2.34. The van der Waals surface area contributed by atoms with Gasteiger partial charge < -0.3 is 15.4 Å². The van der Waals surface area contributed by atoms with Crippen LogP contribution in [0.1, 0.15) is 33.1 Å². The summed E-state index contributed by atoms with van der Waals surface area (Å²) >= 11 is 0. The molecule has 4 nitrogen and oxygen atoms in total. The number of carbonyl (C=O) groups excluding carboxylic acids is 1. The molecule has 0 aromatic rings. The summed E-state index contributed by atoms with van der Waals surface area (Å²) in [6.07, 6.45) is 3.25. The third-order valence-electron chi connectivity index (χ3n) is 3.98. The van der Waals surface area contributed by atoms with Gasteiger partial charge in [0.05, 0.1) is 6.61 Å². The van der Waals surface area contributed by atoms with E-state index >= 15 is 0 Å². The molecular weight excluding hydrogens is 216 g/mol. The zero-order chi connectivity index (χ0) is 12.3. The highest BCUT2D eigenvalue weighted by Crippen LogP contribution is 2.28. The van der Waals surface area contributed by atoms with Gasteiger partial charge in [0, 0.05) is 19.1 Å². The molecule has 2 N–H and O–H groups in total. The van der Waals surface area contributed by atoms with Crippen LogP contribution in [0.15, 0.2) is 0 Å². The zero-order valence-electron chi connectivity index (χ0n) is 10.9. The SMILES string of the molecule is CC1CCC(NC(=O)C2CNCCO2)C(C)C1. The van der Waals surface area contributed by atoms with Gasteiger partial charge in [-0.15, -0.1) is 0 Å². The summed E-state index contributed by atoms with van der Waals surface area (Å²) < 4.78 is 5.46. The Hall–Kier alpha value is -0.610. The van der Waals surface area contributed by atoms with Crippen molar-refractivity contribution in [2.24, 2.45) is 11.8 Å². The Morgan fingerprint density at radius 2 is 2.18 bits per heavy atom. The standard InChI is InChI=1S/C13H24N2O2/c1-9-3-4-11(10(2)7-9)15-13(16)12-8-14-5-6-17-12/h9-12,14H,3-8H2,1-2H3,(H,15,16). The van der Waals surface area contributed by atoms with Crippen molar-refractivity contribution >= 4 is 5.91 Å². The zero-order valence-corrected chi connectivity index (χ0v) is 10.9. The van der Waals surface area contributed by atoms with Gasteiger partial charge in [0.15, 0.2) is 0 Å². The average molecular weight is 240 g/mol. The molecule has 4 heteroatoms. The van der Waals surface area contributed by atoms with Crippen LogP contribution in [0.5, 0.6) is 0 Å². The molecule has 0 bridgehead atoms. The summed E-state index contributed by atoms with van der Waals surface area (Å²) in [5, 5.41) is 6.34. The van der Waals surface area contributed by atoms with Crippen LogP contribution in [0.4, 0.5) is 0 Å². The molecule has 1 aliphatic heterocycles. The molecule has 17 heavy (non-hydrogen) atoms. The van der Waals surface area contributed by atoms with Crippen LogP contribution >= 0.6 is 0 Å². The first kappa shape index (κ1) is 12.8. The maximum atomic E-state index is 12.0. The first-order chi connectivity index (χ1) is 8.16. The maximum absolute atomic E-state index is 12.0. The molecule has 0 radical (unpaired) electrons. The van der Waals surface area contributed by atoms with Gasteiger partial charge in [0.1, 0.15) is 6.10 Å². The van der Waals surface area contributed by atoms with Crippen LogP contribution in [0.3, 0.4) is 0 Å². The van der Waals surface area contributed by atoms with Gasteiger partial charge in [-0.2, -0.15) is 0 Å². The van der Waals surface area contributed by atoms with Crippen molar-refractivity contribution in [3.05, 3.63) is 0 Å². The number of rotatable bonds is 2. The highest BCUT2D eigenvalue weighted by Gasteiger charge is 2.29. The van der Waals surface area contributed by atoms with Gasteiger partial charge >= 0.3 is 0 Å². The summed E-state index contributed by atoms with van der Waals surface area (Å²) in [5.41, 5.74) is 0. The highest BCUT2D eigenvalue weighted by atomic mass is 16.5. The first-order valence-electron chi connectivity index (χ1n) is 6.79. The third-order valence-corrected chi connectivity index (χ3v) is 3.98. The van der Waals surface area contributed by atoms with Gasteiger partial charge in [0.2, 0.25) is 0 Å². The highest BCUT2D eigenvalue weighted by molar-refractivity contribution is 5.81. The van der Waals surface area contributed by atoms with E-state index in [9.17, 15) is 4.79 Å². The number of hydrogen-bond donors (Lipinski definition) is 2. The molecule has 2 aliphatic rings. The van der Waals surface area contributed by atoms with Gasteiger partial charge in [-0.3, -0.25) is 4.79 Å². The molecule has 1 heterocycles. The van der Waals surface area contributed by atoms with Crippen molar-refractivity contribution in [3.8, 4) is 0 Å². The van der Waals surface area contributed by atoms with Crippen LogP contribution in [-0.4, -0.2) is 37.7 Å². The first-order valence-corrected chi connectivity index (χ1v) is 6.79. The van der Waals surface area contributed by atoms with E-state index in [0.717, 1.165) is 18.9 Å². The fraction of sp³-hybridized carbons (Fsp3) is 0.923. The van der Waals surface area contributed by atoms with Crippen LogP contribution in [0.25, 0.3) is 0 Å². The number of nitrogens with one attached hydrogen (secondary N) is 2. The Labute approximate surface area is 103 Å². The molecule has 98 valence electrons. The van der Waals surface area contributed by atoms with E-state index in [-0.39, 0.29) is 12.0 Å². The van der Waals surface area contributed by atoms with Crippen molar-refractivity contribution < 1.29 is 9.53 Å². The lowest BCUT2D eigenvalue weighted by molar-refractivity contribution is -0.135. The number of morpholine rings is 1. The van der Waals surface area contributed by atoms with Gasteiger partial charge in [-0.1, -0.05) is 13.8 Å². The minimum Gasteiger partial charge on any atom is -0.366 e. The van der Waals surface area contributed by atoms with Crippen molar-refractivity contribution in [1.82, 2.24) is 10.6 Å². The maximum Gasteiger partial charge on any atom is 0.250 e. The fourth-order valence-corrected chi connectivity index (χ4v) is 2.89. The lowest BCUT2D eigenvalue weighted by Crippen LogP contribution is -2.52. The topological polar surface area (TPSA) is 50.4 Å². The molecular formula is C13H24N2O2. The summed E-state index contributed by atoms with van der Waals surface area (Å²) in [7, 11) is 0. The van der Waals surface area contributed by atoms with Gasteiger partial charge in [0.25, 0.3) is 5.91 Å². The lowest BCUT2D eigenvalue weighted by atomic mass is 9.80. The number of hydrogen-bond acceptors (Lipinski definition) is 3. The fourth-order valence-electron chi connectivity index (χ4n) is 2.89. The normalized spacial score (nSPS) is 38.7. The van der Waals surface area contributed by atoms with E-state index in [4.69, 9.17) is 4.74 Å². The summed E-state index contributed by atoms with van der Waals surface area (Å²) in [6, 6.07) is 0.337. The van der Waals surface area contributed by atoms with E-state index < -0.39 is 0 Å². The van der Waals surface area contributed by atoms with Crippen molar-refractivity contribution in [3.63, 3.8) is 0 Å². The summed E-state index contributed by atoms with van der Waals surface area (Å²) in [4.78, 5) is 12.0. The average Bonchev–Trinajstić information content (AvgIpc) is 2.34. The predicted octanol–water partition coefficient (Wildman–Crippen LogP) is 0.916. The van der Waals surface area contributed by atoms with Crippen LogP contribution < -0.4 is 10.6 Å². The molecule has 1 saturated carbocycles. The van der Waals surface area contributed by atoms with E-state index in [1.165, 1.54) is 12.8 Å². The van der Waals surface area contributed by atoms with Gasteiger partial charge in [-0.05, 0) is 31.1 Å². The third kappa shape index (κ3) is 3.42. The molecule has 0 aromatic carbocycles. The Balaban J connectivity index is 1.81. The van der Waals surface area contributed by atoms with Crippen molar-refractivity contribution in [2.45, 2.75) is 45.3 Å². The largest absolute Gasteiger partial charge is 0.366 e. The Kier molecular flexibility index (Phi) is 4.40. The second-order valence-electron chi connectivity index (χ2n) is 5.57. The van der Waals surface area contributed by atoms with Crippen LogP contribution in [0.2, 0.25) is 0 Å². The van der Waals surface area contributed by atoms with E-state index in [1.54, 1.807) is 0 Å². The van der Waals surface area contributed by atoms with Crippen molar-refractivity contribution in [1.29, 1.82) is 0 Å². The number of carbonyl (C=O) groups is 1. The predicted molar refractivity (Wildman–Crippen MR) is 66.7 cm³/mol. The summed E-state index contributed by atoms with van der Waals surface area (Å²) in [6.45, 7) is 6.66. The summed E-state index contributed by atoms with van der Waals surface area (Å²) in [5.74, 6) is 1.44. The molecule has 0 spiro atoms. The minimum absolute atomic E-state index is 0.0589. The second kappa shape index (κ2) is 5.83. The molecule has 1 saturated heterocycles. The van der Waals surface area contributed by atoms with Crippen LogP contribution in [0, 0.1) is 11.8 Å². The van der Waals surface area contributed by atoms with Crippen molar-refractivity contribution in [2.75, 3.05) is 19.7 Å². The molecule has 0 aromatic heterocycles. The Bertz CT molecular complexity index is 264. The Morgan fingerprint density at radius 1 is 1.35 bits per heavy atom. The van der Waals surface area contributed by atoms with Crippen LogP contribution in [-0.2, 0) is 9.53 Å². The molecule has 4 unspecified atom stereocenters. The van der Waals surface area contributed by atoms with E-state index in [0.29, 0.717) is 25.1 Å². The second-order valence-corrected chi connectivity index (χ2v) is 5.57. The quantitative estimate of drug-likeness (QED) is 0.754. The van der Waals surface area contributed by atoms with Gasteiger partial charge in [-0.25, -0.2) is 0 Å². The smallest absolute Gasteiger partial charge is 0.250 e. The number of amides is 1. The minimum atomic E-state index is -0.296. The van der Waals surface area contributed by atoms with E-state index in [1.807, 2.05) is 0 Å². The Morgan fingerprint density at radius 3 is 2.82 bits per heavy atom. The molecule has 4 atom stereocenters. The van der Waals surface area contributed by atoms with E-state index in [2.05, 4.69) is 24.5 Å². The molecule has 1 aliphatic carbocycles. The molecule has 2 fully saturated rings. The molecule has 1 amide bonds. The molecule has 2 rings (SSSR count). The monoisotopic (exact) mass is 240 g/mol. The number of ether oxygens (including phenoxy) is 1.